The van der Waals surface area contributed by atoms with E-state index in [9.17, 15) is 13.2 Å². The van der Waals surface area contributed by atoms with Gasteiger partial charge in [0.05, 0.1) is 11.5 Å². The Morgan fingerprint density at radius 1 is 1.29 bits per heavy atom. The highest BCUT2D eigenvalue weighted by atomic mass is 32.2. The van der Waals surface area contributed by atoms with E-state index in [1.807, 2.05) is 6.07 Å². The number of hydrogen-bond donors (Lipinski definition) is 0. The van der Waals surface area contributed by atoms with Crippen molar-refractivity contribution in [2.75, 3.05) is 12.9 Å². The molecule has 1 aromatic rings. The fourth-order valence-corrected chi connectivity index (χ4v) is 2.39. The van der Waals surface area contributed by atoms with Crippen molar-refractivity contribution in [1.82, 2.24) is 0 Å². The van der Waals surface area contributed by atoms with E-state index in [1.165, 1.54) is 6.08 Å². The smallest absolute Gasteiger partial charge is 0.173 e. The summed E-state index contributed by atoms with van der Waals surface area (Å²) in [5.41, 5.74) is -0.631. The summed E-state index contributed by atoms with van der Waals surface area (Å²) in [6.45, 7) is -0.0630. The van der Waals surface area contributed by atoms with Crippen molar-refractivity contribution >= 4 is 16.1 Å². The maximum absolute atomic E-state index is 11.4. The lowest BCUT2D eigenvalue weighted by Gasteiger charge is -2.19. The summed E-state index contributed by atoms with van der Waals surface area (Å²) >= 11 is 0. The number of carbonyl (C=O) groups is 1. The summed E-state index contributed by atoms with van der Waals surface area (Å²) in [4.78, 5) is 11.4. The van der Waals surface area contributed by atoms with Crippen LogP contribution in [-0.2, 0) is 25.0 Å². The molecule has 0 aliphatic carbocycles. The minimum Gasteiger partial charge on any atom is -0.353 e. The van der Waals surface area contributed by atoms with E-state index >= 15 is 0 Å². The van der Waals surface area contributed by atoms with E-state index in [0.717, 1.165) is 6.26 Å². The first kappa shape index (κ1) is 12.0. The van der Waals surface area contributed by atoms with E-state index in [4.69, 9.17) is 4.74 Å². The van der Waals surface area contributed by atoms with Crippen LogP contribution in [0.25, 0.3) is 0 Å². The minimum absolute atomic E-state index is 0.0630. The lowest BCUT2D eigenvalue weighted by Crippen LogP contribution is -2.25. The molecule has 1 atom stereocenters. The Hall–Kier alpha value is -1.46. The Morgan fingerprint density at radius 2 is 1.94 bits per heavy atom. The summed E-state index contributed by atoms with van der Waals surface area (Å²) in [7, 11) is -3.31. The van der Waals surface area contributed by atoms with Crippen LogP contribution in [0.15, 0.2) is 41.3 Å². The monoisotopic (exact) mass is 252 g/mol. The van der Waals surface area contributed by atoms with Gasteiger partial charge in [-0.1, -0.05) is 30.3 Å². The highest BCUT2D eigenvalue weighted by Gasteiger charge is 2.38. The van der Waals surface area contributed by atoms with Gasteiger partial charge in [-0.3, -0.25) is 4.79 Å². The zero-order valence-electron chi connectivity index (χ0n) is 9.29. The fourth-order valence-electron chi connectivity index (χ4n) is 1.73. The van der Waals surface area contributed by atoms with Crippen molar-refractivity contribution in [2.45, 2.75) is 5.60 Å². The third-order valence-electron chi connectivity index (χ3n) is 2.70. The lowest BCUT2D eigenvalue weighted by molar-refractivity contribution is -0.123. The first-order chi connectivity index (χ1) is 7.98. The van der Waals surface area contributed by atoms with Gasteiger partial charge in [-0.25, -0.2) is 8.42 Å². The standard InChI is InChI=1S/C12H12O4S/c1-17(14,15)11-7-12(9-13,16-8-11)10-5-3-2-4-6-10/h2-7,9H,8H2,1H3. The van der Waals surface area contributed by atoms with Gasteiger partial charge in [0.25, 0.3) is 0 Å². The molecule has 90 valence electrons. The van der Waals surface area contributed by atoms with Gasteiger partial charge in [0.1, 0.15) is 0 Å². The number of aldehydes is 1. The predicted octanol–water partition coefficient (Wildman–Crippen LogP) is 1.04. The maximum Gasteiger partial charge on any atom is 0.173 e. The molecule has 4 nitrogen and oxygen atoms in total. The lowest BCUT2D eigenvalue weighted by atomic mass is 9.96. The Balaban J connectivity index is 2.50. The van der Waals surface area contributed by atoms with E-state index in [0.29, 0.717) is 11.8 Å². The van der Waals surface area contributed by atoms with Gasteiger partial charge >= 0.3 is 0 Å². The van der Waals surface area contributed by atoms with Crippen LogP contribution in [0.5, 0.6) is 0 Å². The molecule has 0 bridgehead atoms. The average molecular weight is 252 g/mol. The molecular weight excluding hydrogens is 240 g/mol. The Labute approximate surface area is 99.8 Å². The van der Waals surface area contributed by atoms with E-state index < -0.39 is 15.4 Å². The molecule has 1 aliphatic rings. The molecule has 5 heteroatoms. The van der Waals surface area contributed by atoms with Crippen LogP contribution < -0.4 is 0 Å². The van der Waals surface area contributed by atoms with Crippen molar-refractivity contribution in [1.29, 1.82) is 0 Å². The quantitative estimate of drug-likeness (QED) is 0.754. The molecule has 0 radical (unpaired) electrons. The van der Waals surface area contributed by atoms with Gasteiger partial charge in [0.2, 0.25) is 0 Å². The van der Waals surface area contributed by atoms with E-state index in [1.54, 1.807) is 24.3 Å². The summed E-state index contributed by atoms with van der Waals surface area (Å²) < 4.78 is 28.2. The predicted molar refractivity (Wildman–Crippen MR) is 63.1 cm³/mol. The van der Waals surface area contributed by atoms with Gasteiger partial charge in [-0.2, -0.15) is 0 Å². The third-order valence-corrected chi connectivity index (χ3v) is 3.89. The molecule has 1 heterocycles. The van der Waals surface area contributed by atoms with Crippen LogP contribution in [-0.4, -0.2) is 27.6 Å². The summed E-state index contributed by atoms with van der Waals surface area (Å²) in [6, 6.07) is 8.83. The van der Waals surface area contributed by atoms with Crippen molar-refractivity contribution in [3.8, 4) is 0 Å². The SMILES string of the molecule is CS(=O)(=O)C1=CC(C=O)(c2ccccc2)OC1. The summed E-state index contributed by atoms with van der Waals surface area (Å²) in [6.07, 6.45) is 3.11. The molecule has 0 aromatic heterocycles. The first-order valence-electron chi connectivity index (χ1n) is 5.05. The molecule has 0 N–H and O–H groups in total. The van der Waals surface area contributed by atoms with Crippen LogP contribution >= 0.6 is 0 Å². The number of sulfone groups is 1. The number of carbonyl (C=O) groups excluding carboxylic acids is 1. The second kappa shape index (κ2) is 4.09. The average Bonchev–Trinajstić information content (AvgIpc) is 2.75. The molecule has 1 aromatic carbocycles. The minimum atomic E-state index is -3.31. The van der Waals surface area contributed by atoms with Gasteiger partial charge in [-0.05, 0) is 11.6 Å². The Bertz CT molecular complexity index is 559. The molecule has 1 unspecified atom stereocenters. The number of hydrogen-bond acceptors (Lipinski definition) is 4. The van der Waals surface area contributed by atoms with Crippen LogP contribution in [0.2, 0.25) is 0 Å². The summed E-state index contributed by atoms with van der Waals surface area (Å²) in [5, 5.41) is 0. The van der Waals surface area contributed by atoms with Gasteiger partial charge in [0.15, 0.2) is 21.7 Å². The van der Waals surface area contributed by atoms with E-state index in [2.05, 4.69) is 0 Å². The molecule has 17 heavy (non-hydrogen) atoms. The van der Waals surface area contributed by atoms with Crippen LogP contribution in [0, 0.1) is 0 Å². The zero-order valence-corrected chi connectivity index (χ0v) is 10.1. The molecule has 2 rings (SSSR count). The first-order valence-corrected chi connectivity index (χ1v) is 6.95. The van der Waals surface area contributed by atoms with Crippen LogP contribution in [0.3, 0.4) is 0 Å². The molecule has 1 aliphatic heterocycles. The van der Waals surface area contributed by atoms with Crippen molar-refractivity contribution in [3.05, 3.63) is 46.9 Å². The molecule has 0 fully saturated rings. The van der Waals surface area contributed by atoms with Crippen LogP contribution in [0.4, 0.5) is 0 Å². The number of benzene rings is 1. The number of rotatable bonds is 3. The highest BCUT2D eigenvalue weighted by molar-refractivity contribution is 7.94. The Morgan fingerprint density at radius 3 is 2.41 bits per heavy atom. The highest BCUT2D eigenvalue weighted by Crippen LogP contribution is 2.33. The second-order valence-electron chi connectivity index (χ2n) is 3.95. The third kappa shape index (κ3) is 2.16. The molecule has 0 saturated carbocycles. The molecule has 0 saturated heterocycles. The normalized spacial score (nSPS) is 24.4. The topological polar surface area (TPSA) is 60.4 Å². The van der Waals surface area contributed by atoms with Crippen molar-refractivity contribution < 1.29 is 17.9 Å². The Kier molecular flexibility index (Phi) is 2.89. The van der Waals surface area contributed by atoms with Gasteiger partial charge < -0.3 is 4.74 Å². The second-order valence-corrected chi connectivity index (χ2v) is 6.02. The fraction of sp³-hybridized carbons (Fsp3) is 0.250. The largest absolute Gasteiger partial charge is 0.353 e. The van der Waals surface area contributed by atoms with Crippen LogP contribution in [0.1, 0.15) is 5.56 Å². The van der Waals surface area contributed by atoms with Crippen molar-refractivity contribution in [2.24, 2.45) is 0 Å². The van der Waals surface area contributed by atoms with E-state index in [-0.39, 0.29) is 11.5 Å². The van der Waals surface area contributed by atoms with Crippen molar-refractivity contribution in [3.63, 3.8) is 0 Å². The zero-order chi connectivity index (χ0) is 12.5. The van der Waals surface area contributed by atoms with Gasteiger partial charge in [-0.15, -0.1) is 0 Å². The number of ether oxygens (including phenoxy) is 1. The molecule has 0 amide bonds. The molecular formula is C12H12O4S. The van der Waals surface area contributed by atoms with Gasteiger partial charge in [0, 0.05) is 6.26 Å². The maximum atomic E-state index is 11.4. The molecule has 0 spiro atoms. The summed E-state index contributed by atoms with van der Waals surface area (Å²) in [5.74, 6) is 0.